The lowest BCUT2D eigenvalue weighted by atomic mass is 9.96. The molecule has 0 saturated carbocycles. The minimum Gasteiger partial charge on any atom is -0.457 e. The molecule has 1 aromatic carbocycles. The molecule has 1 fully saturated rings. The molecule has 3 N–H and O–H groups in total. The van der Waals surface area contributed by atoms with Crippen molar-refractivity contribution in [1.82, 2.24) is 5.32 Å². The minimum absolute atomic E-state index is 0.00255. The Morgan fingerprint density at radius 1 is 1.39 bits per heavy atom. The van der Waals surface area contributed by atoms with E-state index in [1.54, 1.807) is 24.3 Å². The van der Waals surface area contributed by atoms with Crippen molar-refractivity contribution in [3.63, 3.8) is 0 Å². The summed E-state index contributed by atoms with van der Waals surface area (Å²) >= 11 is 0. The smallest absolute Gasteiger partial charge is 0.407 e. The lowest BCUT2D eigenvalue weighted by Crippen LogP contribution is -2.65. The molecule has 1 saturated heterocycles. The van der Waals surface area contributed by atoms with Gasteiger partial charge in [0.1, 0.15) is 24.9 Å². The highest BCUT2D eigenvalue weighted by Gasteiger charge is 2.48. The van der Waals surface area contributed by atoms with Crippen LogP contribution in [0.15, 0.2) is 43.0 Å². The zero-order valence-electron chi connectivity index (χ0n) is 16.2. The summed E-state index contributed by atoms with van der Waals surface area (Å²) in [5.74, 6) is -0.917. The van der Waals surface area contributed by atoms with Crippen LogP contribution in [0.1, 0.15) is 13.8 Å². The number of amides is 1. The molecule has 9 heteroatoms. The van der Waals surface area contributed by atoms with Crippen LogP contribution in [0.3, 0.4) is 0 Å². The van der Waals surface area contributed by atoms with Crippen LogP contribution in [-0.4, -0.2) is 66.1 Å². The van der Waals surface area contributed by atoms with Crippen LogP contribution in [0.4, 0.5) is 4.79 Å². The summed E-state index contributed by atoms with van der Waals surface area (Å²) in [6, 6.07) is 7.84. The van der Waals surface area contributed by atoms with Crippen molar-refractivity contribution in [1.29, 1.82) is 0 Å². The first-order valence-corrected chi connectivity index (χ1v) is 8.63. The number of aliphatic hydroxyl groups excluding tert-OH is 2. The van der Waals surface area contributed by atoms with Gasteiger partial charge in [0.05, 0.1) is 13.2 Å². The maximum atomic E-state index is 12.3. The number of benzene rings is 1. The Labute approximate surface area is 164 Å². The Morgan fingerprint density at radius 2 is 2.14 bits per heavy atom. The van der Waals surface area contributed by atoms with Gasteiger partial charge in [-0.3, -0.25) is 4.79 Å². The van der Waals surface area contributed by atoms with Gasteiger partial charge in [-0.15, -0.1) is 6.58 Å². The third kappa shape index (κ3) is 6.03. The third-order valence-electron chi connectivity index (χ3n) is 4.00. The van der Waals surface area contributed by atoms with Gasteiger partial charge in [-0.25, -0.2) is 4.79 Å². The monoisotopic (exact) mass is 396 g/mol. The number of carbonyl (C=O) groups excluding carboxylic acids is 2. The van der Waals surface area contributed by atoms with E-state index in [9.17, 15) is 19.8 Å². The lowest BCUT2D eigenvalue weighted by Gasteiger charge is -2.43. The quantitative estimate of drug-likeness (QED) is 0.429. The molecule has 154 valence electrons. The SMILES string of the molecule is [2H]CC(=O)O[C@H]1[C@H](O)[C@@H](CO)OC(OCC=C)[C@@H]1NC(=O)OCc1ccccc1. The van der Waals surface area contributed by atoms with Crippen LogP contribution in [0.2, 0.25) is 0 Å². The fourth-order valence-corrected chi connectivity index (χ4v) is 2.72. The number of aliphatic hydroxyl groups is 2. The van der Waals surface area contributed by atoms with Gasteiger partial charge in [-0.05, 0) is 5.56 Å². The maximum Gasteiger partial charge on any atom is 0.407 e. The van der Waals surface area contributed by atoms with E-state index >= 15 is 0 Å². The van der Waals surface area contributed by atoms with E-state index in [1.807, 2.05) is 6.07 Å². The molecule has 28 heavy (non-hydrogen) atoms. The van der Waals surface area contributed by atoms with Gasteiger partial charge in [-0.1, -0.05) is 36.4 Å². The van der Waals surface area contributed by atoms with E-state index in [0.717, 1.165) is 5.56 Å². The molecule has 0 bridgehead atoms. The second kappa shape index (κ2) is 10.8. The van der Waals surface area contributed by atoms with Crippen molar-refractivity contribution < 1.29 is 40.1 Å². The van der Waals surface area contributed by atoms with Crippen molar-refractivity contribution in [3.8, 4) is 0 Å². The second-order valence-electron chi connectivity index (χ2n) is 6.02. The first-order chi connectivity index (χ1) is 14.0. The van der Waals surface area contributed by atoms with E-state index in [2.05, 4.69) is 11.9 Å². The predicted molar refractivity (Wildman–Crippen MR) is 97.0 cm³/mol. The van der Waals surface area contributed by atoms with Crippen LogP contribution < -0.4 is 5.32 Å². The minimum atomic E-state index is -1.46. The molecule has 1 aromatic rings. The zero-order chi connectivity index (χ0) is 21.2. The van der Waals surface area contributed by atoms with Crippen molar-refractivity contribution in [2.45, 2.75) is 44.2 Å². The van der Waals surface area contributed by atoms with Crippen LogP contribution >= 0.6 is 0 Å². The highest BCUT2D eigenvalue weighted by Crippen LogP contribution is 2.25. The summed E-state index contributed by atoms with van der Waals surface area (Å²) < 4.78 is 28.4. The Bertz CT molecular complexity index is 673. The molecule has 1 unspecified atom stereocenters. The zero-order valence-corrected chi connectivity index (χ0v) is 15.2. The molecule has 1 aliphatic heterocycles. The molecule has 0 radical (unpaired) electrons. The lowest BCUT2D eigenvalue weighted by molar-refractivity contribution is -0.270. The largest absolute Gasteiger partial charge is 0.457 e. The number of esters is 1. The second-order valence-corrected chi connectivity index (χ2v) is 6.02. The van der Waals surface area contributed by atoms with Crippen LogP contribution in [0.25, 0.3) is 0 Å². The highest BCUT2D eigenvalue weighted by atomic mass is 16.7. The predicted octanol–water partition coefficient (Wildman–Crippen LogP) is 0.494. The van der Waals surface area contributed by atoms with Gasteiger partial charge in [0.15, 0.2) is 12.4 Å². The molecular weight excluding hydrogens is 370 g/mol. The molecule has 1 aliphatic rings. The number of hydrogen-bond donors (Lipinski definition) is 3. The third-order valence-corrected chi connectivity index (χ3v) is 4.00. The van der Waals surface area contributed by atoms with Crippen molar-refractivity contribution in [3.05, 3.63) is 48.6 Å². The number of alkyl carbamates (subject to hydrolysis) is 1. The first kappa shape index (κ1) is 20.3. The molecule has 2 rings (SSSR count). The van der Waals surface area contributed by atoms with Crippen molar-refractivity contribution in [2.24, 2.45) is 0 Å². The number of ether oxygens (including phenoxy) is 4. The van der Waals surface area contributed by atoms with Gasteiger partial charge < -0.3 is 34.5 Å². The summed E-state index contributed by atoms with van der Waals surface area (Å²) in [5.41, 5.74) is 0.763. The van der Waals surface area contributed by atoms with Crippen molar-refractivity contribution >= 4 is 12.1 Å². The molecule has 1 amide bonds. The van der Waals surface area contributed by atoms with E-state index in [1.165, 1.54) is 6.08 Å². The van der Waals surface area contributed by atoms with Crippen LogP contribution in [0, 0.1) is 0 Å². The Balaban J connectivity index is 2.13. The number of carbonyl (C=O) groups is 2. The standard InChI is InChI=1S/C19H25NO8/c1-3-9-25-18-15(17(27-12(2)22)16(23)14(10-21)28-18)20-19(24)26-11-13-7-5-4-6-8-13/h3-8,14-18,21,23H,1,9-11H2,2H3,(H,20,24)/t14-,15-,16-,17-,18?/m1/s1/i2D. The van der Waals surface area contributed by atoms with Crippen LogP contribution in [0.5, 0.6) is 0 Å². The van der Waals surface area contributed by atoms with Crippen molar-refractivity contribution in [2.75, 3.05) is 13.2 Å². The number of rotatable bonds is 8. The summed E-state index contributed by atoms with van der Waals surface area (Å²) in [7, 11) is 0. The summed E-state index contributed by atoms with van der Waals surface area (Å²) in [6.07, 6.45) is -4.47. The van der Waals surface area contributed by atoms with Gasteiger partial charge in [0.25, 0.3) is 0 Å². The van der Waals surface area contributed by atoms with E-state index in [-0.39, 0.29) is 13.2 Å². The average Bonchev–Trinajstić information content (AvgIpc) is 2.74. The summed E-state index contributed by atoms with van der Waals surface area (Å²) in [5, 5.41) is 22.3. The highest BCUT2D eigenvalue weighted by molar-refractivity contribution is 5.68. The molecule has 1 heterocycles. The first-order valence-electron chi connectivity index (χ1n) is 9.33. The Kier molecular flexibility index (Phi) is 7.80. The van der Waals surface area contributed by atoms with E-state index < -0.39 is 56.2 Å². The summed E-state index contributed by atoms with van der Waals surface area (Å²) in [6.45, 7) is 2.30. The fraction of sp³-hybridized carbons (Fsp3) is 0.474. The maximum absolute atomic E-state index is 12.3. The molecule has 5 atom stereocenters. The molecule has 9 nitrogen and oxygen atoms in total. The molecule has 0 aliphatic carbocycles. The van der Waals surface area contributed by atoms with Gasteiger partial charge in [0.2, 0.25) is 0 Å². The van der Waals surface area contributed by atoms with Gasteiger partial charge in [-0.2, -0.15) is 0 Å². The normalized spacial score (nSPS) is 27.4. The number of hydrogen-bond acceptors (Lipinski definition) is 8. The van der Waals surface area contributed by atoms with Crippen LogP contribution in [-0.2, 0) is 30.3 Å². The number of nitrogens with one attached hydrogen (secondary N) is 1. The van der Waals surface area contributed by atoms with Gasteiger partial charge in [0, 0.05) is 8.27 Å². The Hall–Kier alpha value is -2.46. The fourth-order valence-electron chi connectivity index (χ4n) is 2.72. The molecule has 0 spiro atoms. The molecular formula is C19H25NO8. The van der Waals surface area contributed by atoms with Gasteiger partial charge >= 0.3 is 12.1 Å². The van der Waals surface area contributed by atoms with E-state index in [0.29, 0.717) is 0 Å². The van der Waals surface area contributed by atoms with E-state index in [4.69, 9.17) is 20.3 Å². The summed E-state index contributed by atoms with van der Waals surface area (Å²) in [4.78, 5) is 23.9. The Morgan fingerprint density at radius 3 is 2.79 bits per heavy atom. The molecule has 0 aromatic heterocycles. The average molecular weight is 396 g/mol. The topological polar surface area (TPSA) is 124 Å².